The van der Waals surface area contributed by atoms with E-state index in [1.807, 2.05) is 4.57 Å². The Bertz CT molecular complexity index is 1390. The number of aliphatic hydroxyl groups is 1. The molecule has 1 amide bonds. The van der Waals surface area contributed by atoms with Crippen molar-refractivity contribution in [3.8, 4) is 0 Å². The van der Waals surface area contributed by atoms with Crippen LogP contribution in [0, 0.1) is 23.5 Å². The lowest BCUT2D eigenvalue weighted by Crippen LogP contribution is -2.41. The first-order chi connectivity index (χ1) is 21.5. The summed E-state index contributed by atoms with van der Waals surface area (Å²) in [7, 11) is 0. The Morgan fingerprint density at radius 3 is 2.39 bits per heavy atom. The number of halogens is 2. The molecule has 3 aliphatic rings. The number of para-hydroxylation sites is 1. The Kier molecular flexibility index (Phi) is 9.85. The van der Waals surface area contributed by atoms with Gasteiger partial charge in [0.2, 0.25) is 17.8 Å². The summed E-state index contributed by atoms with van der Waals surface area (Å²) in [5, 5.41) is 19.2. The summed E-state index contributed by atoms with van der Waals surface area (Å²) in [6.07, 6.45) is 12.0. The molecule has 3 fully saturated rings. The van der Waals surface area contributed by atoms with Gasteiger partial charge in [-0.2, -0.15) is 4.98 Å². The van der Waals surface area contributed by atoms with Gasteiger partial charge in [-0.1, -0.05) is 12.5 Å². The molecule has 44 heavy (non-hydrogen) atoms. The third kappa shape index (κ3) is 7.12. The van der Waals surface area contributed by atoms with Gasteiger partial charge in [-0.3, -0.25) is 9.36 Å². The number of nitrogens with zero attached hydrogens (tertiary/aromatic N) is 5. The number of carbonyl (C=O) groups excluding carboxylic acids is 1. The molecule has 0 radical (unpaired) electrons. The number of imidazole rings is 1. The topological polar surface area (TPSA) is 120 Å². The van der Waals surface area contributed by atoms with Crippen LogP contribution in [0.2, 0.25) is 0 Å². The van der Waals surface area contributed by atoms with Crippen molar-refractivity contribution in [3.63, 3.8) is 0 Å². The summed E-state index contributed by atoms with van der Waals surface area (Å²) in [5.74, 6) is -0.180. The molecular weight excluding hydrogens is 566 g/mol. The SMILES string of the molecule is O=C(NCCN1CCCCC1)[C@H]1CC[C@H](Nc2ncc3nc(Nc4c(F)cccc4F)n([C@H]4CC[C@@H](CO)CC4)c3n2)CC1. The number of fused-ring (bicyclic) bond motifs is 1. The maximum atomic E-state index is 14.6. The van der Waals surface area contributed by atoms with E-state index in [1.54, 1.807) is 6.20 Å². The number of piperidine rings is 1. The summed E-state index contributed by atoms with van der Waals surface area (Å²) >= 11 is 0. The highest BCUT2D eigenvalue weighted by atomic mass is 19.1. The monoisotopic (exact) mass is 610 g/mol. The van der Waals surface area contributed by atoms with Gasteiger partial charge in [0, 0.05) is 37.7 Å². The van der Waals surface area contributed by atoms with E-state index in [2.05, 4.69) is 30.8 Å². The molecular formula is C32H44F2N8O2. The van der Waals surface area contributed by atoms with Crippen molar-refractivity contribution in [2.45, 2.75) is 82.7 Å². The quantitative estimate of drug-likeness (QED) is 0.249. The number of hydrogen-bond donors (Lipinski definition) is 4. The number of carbonyl (C=O) groups is 1. The Hall–Kier alpha value is -3.38. The van der Waals surface area contributed by atoms with E-state index < -0.39 is 11.6 Å². The first kappa shape index (κ1) is 30.6. The molecule has 3 aromatic rings. The van der Waals surface area contributed by atoms with Crippen LogP contribution in [0.1, 0.15) is 76.7 Å². The fourth-order valence-electron chi connectivity index (χ4n) is 7.06. The Labute approximate surface area is 257 Å². The lowest BCUT2D eigenvalue weighted by molar-refractivity contribution is -0.126. The number of hydrogen-bond acceptors (Lipinski definition) is 8. The molecule has 3 heterocycles. The fraction of sp³-hybridized carbons (Fsp3) is 0.625. The van der Waals surface area contributed by atoms with Crippen molar-refractivity contribution in [2.75, 3.05) is 43.4 Å². The van der Waals surface area contributed by atoms with Gasteiger partial charge in [0.15, 0.2) is 5.65 Å². The van der Waals surface area contributed by atoms with Crippen LogP contribution < -0.4 is 16.0 Å². The van der Waals surface area contributed by atoms with Gasteiger partial charge >= 0.3 is 0 Å². The highest BCUT2D eigenvalue weighted by molar-refractivity contribution is 5.79. The second-order valence-corrected chi connectivity index (χ2v) is 12.7. The molecule has 238 valence electrons. The molecule has 1 aliphatic heterocycles. The van der Waals surface area contributed by atoms with Crippen molar-refractivity contribution >= 4 is 34.7 Å². The molecule has 1 saturated heterocycles. The predicted molar refractivity (Wildman–Crippen MR) is 166 cm³/mol. The summed E-state index contributed by atoms with van der Waals surface area (Å²) in [6.45, 7) is 4.05. The van der Waals surface area contributed by atoms with Gasteiger partial charge < -0.3 is 26.0 Å². The highest BCUT2D eigenvalue weighted by Crippen LogP contribution is 2.37. The minimum atomic E-state index is -0.702. The molecule has 4 N–H and O–H groups in total. The molecule has 2 saturated carbocycles. The third-order valence-electron chi connectivity index (χ3n) is 9.68. The smallest absolute Gasteiger partial charge is 0.224 e. The van der Waals surface area contributed by atoms with Gasteiger partial charge in [-0.25, -0.2) is 18.7 Å². The van der Waals surface area contributed by atoms with Gasteiger partial charge in [0.05, 0.1) is 6.20 Å². The first-order valence-corrected chi connectivity index (χ1v) is 16.3. The number of aromatic nitrogens is 4. The van der Waals surface area contributed by atoms with Crippen LogP contribution in [0.5, 0.6) is 0 Å². The third-order valence-corrected chi connectivity index (χ3v) is 9.68. The van der Waals surface area contributed by atoms with Gasteiger partial charge in [-0.05, 0) is 95.3 Å². The zero-order valence-electron chi connectivity index (χ0n) is 25.3. The number of nitrogens with one attached hydrogen (secondary N) is 3. The Morgan fingerprint density at radius 1 is 0.955 bits per heavy atom. The molecule has 0 unspecified atom stereocenters. The lowest BCUT2D eigenvalue weighted by Gasteiger charge is -2.30. The number of aliphatic hydroxyl groups excluding tert-OH is 1. The van der Waals surface area contributed by atoms with Gasteiger partial charge in [0.25, 0.3) is 0 Å². The first-order valence-electron chi connectivity index (χ1n) is 16.3. The highest BCUT2D eigenvalue weighted by Gasteiger charge is 2.29. The van der Waals surface area contributed by atoms with Crippen LogP contribution in [-0.4, -0.2) is 74.3 Å². The molecule has 2 aliphatic carbocycles. The van der Waals surface area contributed by atoms with Crippen molar-refractivity contribution in [2.24, 2.45) is 11.8 Å². The zero-order chi connectivity index (χ0) is 30.5. The van der Waals surface area contributed by atoms with Crippen LogP contribution >= 0.6 is 0 Å². The van der Waals surface area contributed by atoms with E-state index in [0.29, 0.717) is 29.6 Å². The molecule has 6 rings (SSSR count). The van der Waals surface area contributed by atoms with Crippen molar-refractivity contribution in [1.82, 2.24) is 29.7 Å². The maximum Gasteiger partial charge on any atom is 0.224 e. The second kappa shape index (κ2) is 14.2. The van der Waals surface area contributed by atoms with Crippen LogP contribution in [0.15, 0.2) is 24.4 Å². The molecule has 1 aromatic carbocycles. The van der Waals surface area contributed by atoms with E-state index in [9.17, 15) is 18.7 Å². The number of amides is 1. The van der Waals surface area contributed by atoms with Crippen LogP contribution in [-0.2, 0) is 4.79 Å². The molecule has 10 nitrogen and oxygen atoms in total. The molecule has 12 heteroatoms. The van der Waals surface area contributed by atoms with Gasteiger partial charge in [-0.15, -0.1) is 0 Å². The minimum Gasteiger partial charge on any atom is -0.396 e. The predicted octanol–water partition coefficient (Wildman–Crippen LogP) is 5.14. The van der Waals surface area contributed by atoms with Crippen molar-refractivity contribution in [3.05, 3.63) is 36.0 Å². The van der Waals surface area contributed by atoms with Crippen LogP contribution in [0.3, 0.4) is 0 Å². The molecule has 0 bridgehead atoms. The van der Waals surface area contributed by atoms with E-state index in [0.717, 1.165) is 71.0 Å². The summed E-state index contributed by atoms with van der Waals surface area (Å²) in [5.41, 5.74) is 0.867. The Morgan fingerprint density at radius 2 is 1.68 bits per heavy atom. The minimum absolute atomic E-state index is 0.00625. The normalized spacial score (nSPS) is 24.7. The van der Waals surface area contributed by atoms with Gasteiger partial charge in [0.1, 0.15) is 22.8 Å². The largest absolute Gasteiger partial charge is 0.396 e. The number of likely N-dealkylation sites (tertiary alicyclic amines) is 1. The Balaban J connectivity index is 1.12. The van der Waals surface area contributed by atoms with Crippen molar-refractivity contribution in [1.29, 1.82) is 0 Å². The van der Waals surface area contributed by atoms with E-state index >= 15 is 0 Å². The second-order valence-electron chi connectivity index (χ2n) is 12.7. The average Bonchev–Trinajstić information content (AvgIpc) is 3.41. The summed E-state index contributed by atoms with van der Waals surface area (Å²) < 4.78 is 31.1. The molecule has 2 aromatic heterocycles. The standard InChI is InChI=1S/C32H44F2N8O2/c33-25-5-4-6-26(34)28(25)39-32-38-27-19-36-31(40-29(27)42(32)24-13-7-21(20-43)8-14-24)37-23-11-9-22(10-12-23)30(44)35-15-18-41-16-2-1-3-17-41/h4-6,19,21-24,43H,1-3,7-18,20H2,(H,35,44)(H,38,39)(H,36,37,40)/t21-,22-,23-,24+. The van der Waals surface area contributed by atoms with Crippen LogP contribution in [0.4, 0.5) is 26.4 Å². The van der Waals surface area contributed by atoms with E-state index in [-0.39, 0.29) is 42.1 Å². The van der Waals surface area contributed by atoms with E-state index in [1.165, 1.54) is 37.5 Å². The van der Waals surface area contributed by atoms with Crippen LogP contribution in [0.25, 0.3) is 11.2 Å². The van der Waals surface area contributed by atoms with E-state index in [4.69, 9.17) is 4.98 Å². The summed E-state index contributed by atoms with van der Waals surface area (Å²) in [6, 6.07) is 3.90. The molecule has 0 atom stereocenters. The summed E-state index contributed by atoms with van der Waals surface area (Å²) in [4.78, 5) is 29.2. The average molecular weight is 611 g/mol. The molecule has 0 spiro atoms. The number of rotatable bonds is 10. The number of anilines is 3. The van der Waals surface area contributed by atoms with Crippen molar-refractivity contribution < 1.29 is 18.7 Å². The fourth-order valence-corrected chi connectivity index (χ4v) is 7.06. The zero-order valence-corrected chi connectivity index (χ0v) is 25.3. The lowest BCUT2D eigenvalue weighted by atomic mass is 9.85. The number of benzene rings is 1. The maximum absolute atomic E-state index is 14.6.